The molecule has 4 rings (SSSR count). The lowest BCUT2D eigenvalue weighted by molar-refractivity contribution is 0.0954. The van der Waals surface area contributed by atoms with Gasteiger partial charge in [0, 0.05) is 30.0 Å². The first-order valence-corrected chi connectivity index (χ1v) is 9.43. The van der Waals surface area contributed by atoms with Crippen molar-refractivity contribution in [3.63, 3.8) is 0 Å². The molecule has 0 saturated heterocycles. The maximum Gasteiger partial charge on any atom is 0.252 e. The third kappa shape index (κ3) is 3.96. The lowest BCUT2D eigenvalue weighted by Gasteiger charge is -2.18. The second-order valence-electron chi connectivity index (χ2n) is 6.57. The molecule has 0 atom stereocenters. The van der Waals surface area contributed by atoms with E-state index in [0.29, 0.717) is 17.1 Å². The van der Waals surface area contributed by atoms with E-state index in [-0.39, 0.29) is 5.91 Å². The number of amides is 1. The van der Waals surface area contributed by atoms with Gasteiger partial charge < -0.3 is 10.2 Å². The highest BCUT2D eigenvalue weighted by Crippen LogP contribution is 2.32. The smallest absolute Gasteiger partial charge is 0.252 e. The Morgan fingerprint density at radius 2 is 2.00 bits per heavy atom. The number of rotatable bonds is 5. The quantitative estimate of drug-likeness (QED) is 0.716. The largest absolute Gasteiger partial charge is 0.352 e. The molecule has 27 heavy (non-hydrogen) atoms. The molecule has 0 saturated carbocycles. The third-order valence-corrected chi connectivity index (χ3v) is 5.00. The van der Waals surface area contributed by atoms with Gasteiger partial charge in [0.15, 0.2) is 0 Å². The number of halogens is 1. The first kappa shape index (κ1) is 17.6. The Balaban J connectivity index is 1.37. The number of para-hydroxylation sites is 1. The summed E-state index contributed by atoms with van der Waals surface area (Å²) in [6.45, 7) is 1.47. The molecular weight excluding hydrogens is 358 g/mol. The average molecular weight is 378 g/mol. The van der Waals surface area contributed by atoms with Crippen LogP contribution >= 0.6 is 11.6 Å². The topological polar surface area (TPSA) is 45.2 Å². The van der Waals surface area contributed by atoms with E-state index in [4.69, 9.17) is 11.6 Å². The lowest BCUT2D eigenvalue weighted by atomic mass is 10.1. The standard InChI is InChI=1S/C22H20ClN3O/c23-19-6-3-4-16(14-19)10-12-24-22(27)18-8-9-21(25-15-18)26-13-11-17-5-1-2-7-20(17)26/h1-9,14-15H,10-13H2,(H,24,27). The molecule has 0 bridgehead atoms. The highest BCUT2D eigenvalue weighted by atomic mass is 35.5. The van der Waals surface area contributed by atoms with Gasteiger partial charge in [0.25, 0.3) is 5.91 Å². The van der Waals surface area contributed by atoms with Gasteiger partial charge in [0.2, 0.25) is 0 Å². The van der Waals surface area contributed by atoms with Gasteiger partial charge in [-0.05, 0) is 54.3 Å². The van der Waals surface area contributed by atoms with E-state index in [1.807, 2.05) is 42.5 Å². The highest BCUT2D eigenvalue weighted by Gasteiger charge is 2.20. The molecule has 0 radical (unpaired) electrons. The number of pyridine rings is 1. The van der Waals surface area contributed by atoms with Crippen LogP contribution in [0.4, 0.5) is 11.5 Å². The first-order chi connectivity index (χ1) is 13.2. The SMILES string of the molecule is O=C(NCCc1cccc(Cl)c1)c1ccc(N2CCc3ccccc32)nc1. The minimum Gasteiger partial charge on any atom is -0.352 e. The van der Waals surface area contributed by atoms with E-state index in [1.54, 1.807) is 6.20 Å². The zero-order valence-corrected chi connectivity index (χ0v) is 15.6. The lowest BCUT2D eigenvalue weighted by Crippen LogP contribution is -2.26. The number of fused-ring (bicyclic) bond motifs is 1. The van der Waals surface area contributed by atoms with Gasteiger partial charge >= 0.3 is 0 Å². The minimum atomic E-state index is -0.113. The molecule has 1 amide bonds. The first-order valence-electron chi connectivity index (χ1n) is 9.05. The summed E-state index contributed by atoms with van der Waals surface area (Å²) in [5.74, 6) is 0.758. The second-order valence-corrected chi connectivity index (χ2v) is 7.01. The van der Waals surface area contributed by atoms with Crippen LogP contribution < -0.4 is 10.2 Å². The highest BCUT2D eigenvalue weighted by molar-refractivity contribution is 6.30. The van der Waals surface area contributed by atoms with Crippen molar-refractivity contribution < 1.29 is 4.79 Å². The summed E-state index contributed by atoms with van der Waals surface area (Å²) in [7, 11) is 0. The number of anilines is 2. The number of carbonyl (C=O) groups is 1. The van der Waals surface area contributed by atoms with E-state index < -0.39 is 0 Å². The Hall–Kier alpha value is -2.85. The molecule has 1 aliphatic heterocycles. The molecule has 1 aromatic heterocycles. The maximum atomic E-state index is 12.3. The van der Waals surface area contributed by atoms with Gasteiger partial charge in [-0.25, -0.2) is 4.98 Å². The van der Waals surface area contributed by atoms with E-state index in [2.05, 4.69) is 33.4 Å². The number of nitrogens with one attached hydrogen (secondary N) is 1. The van der Waals surface area contributed by atoms with Crippen LogP contribution in [0.1, 0.15) is 21.5 Å². The van der Waals surface area contributed by atoms with E-state index in [9.17, 15) is 4.79 Å². The zero-order valence-electron chi connectivity index (χ0n) is 14.9. The van der Waals surface area contributed by atoms with Gasteiger partial charge in [-0.3, -0.25) is 4.79 Å². The van der Waals surface area contributed by atoms with Gasteiger partial charge in [-0.2, -0.15) is 0 Å². The van der Waals surface area contributed by atoms with Crippen LogP contribution in [0, 0.1) is 0 Å². The Morgan fingerprint density at radius 3 is 2.81 bits per heavy atom. The van der Waals surface area contributed by atoms with Crippen LogP contribution in [0.5, 0.6) is 0 Å². The van der Waals surface area contributed by atoms with Gasteiger partial charge in [-0.15, -0.1) is 0 Å². The fourth-order valence-electron chi connectivity index (χ4n) is 3.37. The van der Waals surface area contributed by atoms with Crippen LogP contribution in [0.3, 0.4) is 0 Å². The number of hydrogen-bond acceptors (Lipinski definition) is 3. The second kappa shape index (κ2) is 7.80. The molecule has 0 fully saturated rings. The molecule has 2 aromatic carbocycles. The Kier molecular flexibility index (Phi) is 5.07. The van der Waals surface area contributed by atoms with Crippen molar-refractivity contribution in [2.75, 3.05) is 18.0 Å². The predicted molar refractivity (Wildman–Crippen MR) is 109 cm³/mol. The van der Waals surface area contributed by atoms with Crippen LogP contribution in [0.25, 0.3) is 0 Å². The van der Waals surface area contributed by atoms with Crippen molar-refractivity contribution >= 4 is 29.0 Å². The van der Waals surface area contributed by atoms with Crippen molar-refractivity contribution in [2.24, 2.45) is 0 Å². The molecule has 0 aliphatic carbocycles. The fraction of sp³-hybridized carbons (Fsp3) is 0.182. The summed E-state index contributed by atoms with van der Waals surface area (Å²) in [6.07, 6.45) is 3.40. The molecule has 5 heteroatoms. The summed E-state index contributed by atoms with van der Waals surface area (Å²) in [4.78, 5) is 19.0. The molecule has 1 aliphatic rings. The Labute approximate surface area is 163 Å². The van der Waals surface area contributed by atoms with Gasteiger partial charge in [0.05, 0.1) is 5.56 Å². The maximum absolute atomic E-state index is 12.3. The average Bonchev–Trinajstić information content (AvgIpc) is 3.12. The third-order valence-electron chi connectivity index (χ3n) is 4.76. The molecule has 1 N–H and O–H groups in total. The molecule has 136 valence electrons. The van der Waals surface area contributed by atoms with Crippen molar-refractivity contribution in [2.45, 2.75) is 12.8 Å². The number of benzene rings is 2. The van der Waals surface area contributed by atoms with E-state index >= 15 is 0 Å². The fourth-order valence-corrected chi connectivity index (χ4v) is 3.58. The summed E-state index contributed by atoms with van der Waals surface area (Å²) in [5.41, 5.74) is 4.20. The summed E-state index contributed by atoms with van der Waals surface area (Å²) in [5, 5.41) is 3.65. The van der Waals surface area contributed by atoms with Crippen molar-refractivity contribution in [1.82, 2.24) is 10.3 Å². The molecule has 0 spiro atoms. The van der Waals surface area contributed by atoms with E-state index in [1.165, 1.54) is 11.3 Å². The summed E-state index contributed by atoms with van der Waals surface area (Å²) < 4.78 is 0. The monoisotopic (exact) mass is 377 g/mol. The number of nitrogens with zero attached hydrogens (tertiary/aromatic N) is 2. The van der Waals surface area contributed by atoms with Crippen molar-refractivity contribution in [3.8, 4) is 0 Å². The Bertz CT molecular complexity index is 956. The Morgan fingerprint density at radius 1 is 1.11 bits per heavy atom. The number of carbonyl (C=O) groups excluding carboxylic acids is 1. The van der Waals surface area contributed by atoms with Crippen LogP contribution in [0.2, 0.25) is 5.02 Å². The molecule has 4 nitrogen and oxygen atoms in total. The normalized spacial score (nSPS) is 12.7. The van der Waals surface area contributed by atoms with E-state index in [0.717, 1.165) is 30.8 Å². The van der Waals surface area contributed by atoms with Crippen molar-refractivity contribution in [1.29, 1.82) is 0 Å². The summed E-state index contributed by atoms with van der Waals surface area (Å²) >= 11 is 5.98. The zero-order chi connectivity index (χ0) is 18.6. The number of aromatic nitrogens is 1. The van der Waals surface area contributed by atoms with Crippen LogP contribution in [0.15, 0.2) is 66.9 Å². The van der Waals surface area contributed by atoms with Gasteiger partial charge in [-0.1, -0.05) is 41.9 Å². The van der Waals surface area contributed by atoms with Crippen LogP contribution in [-0.2, 0) is 12.8 Å². The van der Waals surface area contributed by atoms with Crippen LogP contribution in [-0.4, -0.2) is 24.0 Å². The van der Waals surface area contributed by atoms with Crippen molar-refractivity contribution in [3.05, 3.63) is 88.6 Å². The molecule has 0 unspecified atom stereocenters. The summed E-state index contributed by atoms with van der Waals surface area (Å²) in [6, 6.07) is 19.8. The van der Waals surface area contributed by atoms with Gasteiger partial charge in [0.1, 0.15) is 5.82 Å². The molecule has 2 heterocycles. The predicted octanol–water partition coefficient (Wildman–Crippen LogP) is 4.40. The molecule has 3 aromatic rings. The minimum absolute atomic E-state index is 0.113. The molecular formula is C22H20ClN3O. The number of hydrogen-bond donors (Lipinski definition) is 1.